The summed E-state index contributed by atoms with van der Waals surface area (Å²) in [5.41, 5.74) is 0. The van der Waals surface area contributed by atoms with E-state index in [1.54, 1.807) is 0 Å². The fraction of sp³-hybridized carbons (Fsp3) is 0.923. The van der Waals surface area contributed by atoms with Crippen LogP contribution in [0.1, 0.15) is 26.7 Å². The molecule has 0 aromatic carbocycles. The molecule has 4 nitrogen and oxygen atoms in total. The normalized spacial score (nSPS) is 20.5. The van der Waals surface area contributed by atoms with E-state index in [2.05, 4.69) is 23.8 Å². The number of ether oxygens (including phenoxy) is 1. The highest BCUT2D eigenvalue weighted by atomic mass is 16.5. The van der Waals surface area contributed by atoms with Crippen molar-refractivity contribution >= 4 is 5.97 Å². The van der Waals surface area contributed by atoms with Gasteiger partial charge in [0.25, 0.3) is 0 Å². The second kappa shape index (κ2) is 6.97. The molecule has 0 bridgehead atoms. The molecule has 17 heavy (non-hydrogen) atoms. The molecule has 1 atom stereocenters. The Labute approximate surface area is 105 Å². The average Bonchev–Trinajstić information content (AvgIpc) is 2.32. The van der Waals surface area contributed by atoms with Gasteiger partial charge in [0.05, 0.1) is 6.61 Å². The largest absolute Gasteiger partial charge is 0.465 e. The average molecular weight is 242 g/mol. The summed E-state index contributed by atoms with van der Waals surface area (Å²) in [7, 11) is 4.15. The van der Waals surface area contributed by atoms with Gasteiger partial charge in [-0.1, -0.05) is 6.92 Å². The van der Waals surface area contributed by atoms with E-state index in [-0.39, 0.29) is 12.0 Å². The quantitative estimate of drug-likeness (QED) is 0.679. The number of likely N-dealkylation sites (N-methyl/N-ethyl adjacent to an activating group) is 1. The van der Waals surface area contributed by atoms with Gasteiger partial charge in [-0.15, -0.1) is 0 Å². The Kier molecular flexibility index (Phi) is 5.92. The number of piperidine rings is 1. The van der Waals surface area contributed by atoms with Gasteiger partial charge in [-0.2, -0.15) is 0 Å². The van der Waals surface area contributed by atoms with E-state index in [1.807, 2.05) is 14.0 Å². The Morgan fingerprint density at radius 2 is 2.00 bits per heavy atom. The van der Waals surface area contributed by atoms with Crippen molar-refractivity contribution in [3.05, 3.63) is 0 Å². The second-order valence-corrected chi connectivity index (χ2v) is 4.91. The first-order chi connectivity index (χ1) is 8.10. The molecule has 0 aromatic heterocycles. The van der Waals surface area contributed by atoms with Crippen molar-refractivity contribution in [3.63, 3.8) is 0 Å². The van der Waals surface area contributed by atoms with E-state index in [1.165, 1.54) is 0 Å². The SMILES string of the molecule is CCOC(=O)C(C1CCN(C)CC1)N(C)CC. The first-order valence-corrected chi connectivity index (χ1v) is 6.65. The summed E-state index contributed by atoms with van der Waals surface area (Å²) in [6.07, 6.45) is 2.18. The molecule has 0 amide bonds. The minimum atomic E-state index is -0.0614. The van der Waals surface area contributed by atoms with E-state index in [4.69, 9.17) is 4.74 Å². The number of likely N-dealkylation sites (tertiary alicyclic amines) is 1. The Bertz CT molecular complexity index is 238. The van der Waals surface area contributed by atoms with Crippen molar-refractivity contribution in [2.45, 2.75) is 32.7 Å². The third kappa shape index (κ3) is 3.96. The monoisotopic (exact) mass is 242 g/mol. The summed E-state index contributed by atoms with van der Waals surface area (Å²) in [6.45, 7) is 7.47. The lowest BCUT2D eigenvalue weighted by Crippen LogP contribution is -2.48. The van der Waals surface area contributed by atoms with Crippen LogP contribution in [0.15, 0.2) is 0 Å². The summed E-state index contributed by atoms with van der Waals surface area (Å²) >= 11 is 0. The van der Waals surface area contributed by atoms with Gasteiger partial charge in [0.1, 0.15) is 6.04 Å². The molecule has 0 spiro atoms. The second-order valence-electron chi connectivity index (χ2n) is 4.91. The molecule has 1 heterocycles. The highest BCUT2D eigenvalue weighted by Gasteiger charge is 2.34. The summed E-state index contributed by atoms with van der Waals surface area (Å²) in [6, 6.07) is -0.0614. The van der Waals surface area contributed by atoms with Crippen LogP contribution in [0.4, 0.5) is 0 Å². The van der Waals surface area contributed by atoms with Gasteiger partial charge in [0.2, 0.25) is 0 Å². The Balaban J connectivity index is 2.65. The van der Waals surface area contributed by atoms with Crippen LogP contribution < -0.4 is 0 Å². The van der Waals surface area contributed by atoms with Crippen LogP contribution in [-0.2, 0) is 9.53 Å². The van der Waals surface area contributed by atoms with Crippen molar-refractivity contribution in [1.82, 2.24) is 9.80 Å². The smallest absolute Gasteiger partial charge is 0.323 e. The number of hydrogen-bond acceptors (Lipinski definition) is 4. The standard InChI is InChI=1S/C13H26N2O2/c1-5-15(4)12(13(16)17-6-2)11-7-9-14(3)10-8-11/h11-12H,5-10H2,1-4H3. The number of carbonyl (C=O) groups is 1. The molecule has 1 saturated heterocycles. The van der Waals surface area contributed by atoms with E-state index in [0.717, 1.165) is 32.5 Å². The molecule has 1 aliphatic rings. The number of hydrogen-bond donors (Lipinski definition) is 0. The van der Waals surface area contributed by atoms with E-state index >= 15 is 0 Å². The van der Waals surface area contributed by atoms with Gasteiger partial charge >= 0.3 is 5.97 Å². The molecular weight excluding hydrogens is 216 g/mol. The van der Waals surface area contributed by atoms with Crippen LogP contribution in [0.2, 0.25) is 0 Å². The molecule has 4 heteroatoms. The lowest BCUT2D eigenvalue weighted by Gasteiger charge is -2.37. The lowest BCUT2D eigenvalue weighted by molar-refractivity contribution is -0.151. The van der Waals surface area contributed by atoms with Crippen molar-refractivity contribution in [2.24, 2.45) is 5.92 Å². The summed E-state index contributed by atoms with van der Waals surface area (Å²) in [5.74, 6) is 0.390. The summed E-state index contributed by atoms with van der Waals surface area (Å²) in [5, 5.41) is 0. The minimum absolute atomic E-state index is 0.0496. The van der Waals surface area contributed by atoms with Crippen LogP contribution in [-0.4, -0.2) is 62.1 Å². The van der Waals surface area contributed by atoms with Crippen molar-refractivity contribution in [3.8, 4) is 0 Å². The predicted octanol–water partition coefficient (Wildman–Crippen LogP) is 1.21. The number of nitrogens with zero attached hydrogens (tertiary/aromatic N) is 2. The van der Waals surface area contributed by atoms with Gasteiger partial charge in [-0.05, 0) is 59.4 Å². The van der Waals surface area contributed by atoms with Crippen molar-refractivity contribution in [2.75, 3.05) is 40.3 Å². The Hall–Kier alpha value is -0.610. The molecule has 0 saturated carbocycles. The Morgan fingerprint density at radius 3 is 2.47 bits per heavy atom. The zero-order chi connectivity index (χ0) is 12.8. The molecule has 0 radical (unpaired) electrons. The van der Waals surface area contributed by atoms with Gasteiger partial charge in [0, 0.05) is 0 Å². The third-order valence-electron chi connectivity index (χ3n) is 3.71. The zero-order valence-corrected chi connectivity index (χ0v) is 11.6. The molecule has 1 fully saturated rings. The minimum Gasteiger partial charge on any atom is -0.465 e. The van der Waals surface area contributed by atoms with Crippen LogP contribution >= 0.6 is 0 Å². The van der Waals surface area contributed by atoms with Gasteiger partial charge in [-0.25, -0.2) is 0 Å². The molecule has 0 N–H and O–H groups in total. The van der Waals surface area contributed by atoms with Crippen LogP contribution in [0.3, 0.4) is 0 Å². The highest BCUT2D eigenvalue weighted by Crippen LogP contribution is 2.23. The van der Waals surface area contributed by atoms with Gasteiger partial charge in [-0.3, -0.25) is 9.69 Å². The van der Waals surface area contributed by atoms with Gasteiger partial charge < -0.3 is 9.64 Å². The van der Waals surface area contributed by atoms with Crippen molar-refractivity contribution in [1.29, 1.82) is 0 Å². The zero-order valence-electron chi connectivity index (χ0n) is 11.6. The number of esters is 1. The maximum absolute atomic E-state index is 12.0. The molecule has 100 valence electrons. The molecule has 0 aromatic rings. The lowest BCUT2D eigenvalue weighted by atomic mass is 9.88. The molecule has 0 aliphatic carbocycles. The summed E-state index contributed by atoms with van der Waals surface area (Å²) < 4.78 is 5.21. The fourth-order valence-corrected chi connectivity index (χ4v) is 2.50. The van der Waals surface area contributed by atoms with Crippen LogP contribution in [0.5, 0.6) is 0 Å². The molecule has 1 unspecified atom stereocenters. The molecule has 1 aliphatic heterocycles. The Morgan fingerprint density at radius 1 is 1.41 bits per heavy atom. The topological polar surface area (TPSA) is 32.8 Å². The number of carbonyl (C=O) groups excluding carboxylic acids is 1. The maximum Gasteiger partial charge on any atom is 0.323 e. The highest BCUT2D eigenvalue weighted by molar-refractivity contribution is 5.76. The first kappa shape index (κ1) is 14.5. The van der Waals surface area contributed by atoms with Gasteiger partial charge in [0.15, 0.2) is 0 Å². The predicted molar refractivity (Wildman–Crippen MR) is 68.9 cm³/mol. The first-order valence-electron chi connectivity index (χ1n) is 6.65. The van der Waals surface area contributed by atoms with E-state index < -0.39 is 0 Å². The summed E-state index contributed by atoms with van der Waals surface area (Å²) in [4.78, 5) is 16.5. The van der Waals surface area contributed by atoms with E-state index in [0.29, 0.717) is 12.5 Å². The molecular formula is C13H26N2O2. The molecule has 1 rings (SSSR count). The third-order valence-corrected chi connectivity index (χ3v) is 3.71. The van der Waals surface area contributed by atoms with E-state index in [9.17, 15) is 4.79 Å². The van der Waals surface area contributed by atoms with Crippen LogP contribution in [0, 0.1) is 5.92 Å². The number of rotatable bonds is 5. The van der Waals surface area contributed by atoms with Crippen molar-refractivity contribution < 1.29 is 9.53 Å². The maximum atomic E-state index is 12.0. The fourth-order valence-electron chi connectivity index (χ4n) is 2.50. The van der Waals surface area contributed by atoms with Crippen LogP contribution in [0.25, 0.3) is 0 Å².